The molecule has 1 fully saturated rings. The molecule has 0 radical (unpaired) electrons. The Hall–Kier alpha value is -2.46. The first kappa shape index (κ1) is 17.9. The summed E-state index contributed by atoms with van der Waals surface area (Å²) in [6, 6.07) is 23.0. The van der Waals surface area contributed by atoms with E-state index in [0.717, 1.165) is 30.0 Å². The van der Waals surface area contributed by atoms with Crippen LogP contribution in [0.5, 0.6) is 5.75 Å². The SMILES string of the molecule is COc1ccc(C2CCCN2C(=O)CSc2ccc3ccccc3c2)cc1. The van der Waals surface area contributed by atoms with Crippen LogP contribution in [0, 0.1) is 0 Å². The van der Waals surface area contributed by atoms with E-state index in [2.05, 4.69) is 42.5 Å². The van der Waals surface area contributed by atoms with Crippen molar-refractivity contribution in [3.05, 3.63) is 72.3 Å². The molecule has 1 aliphatic rings. The maximum atomic E-state index is 12.9. The van der Waals surface area contributed by atoms with Gasteiger partial charge in [-0.2, -0.15) is 0 Å². The number of likely N-dealkylation sites (tertiary alicyclic amines) is 1. The Labute approximate surface area is 164 Å². The summed E-state index contributed by atoms with van der Waals surface area (Å²) in [5.41, 5.74) is 1.19. The summed E-state index contributed by atoms with van der Waals surface area (Å²) in [5, 5.41) is 2.44. The summed E-state index contributed by atoms with van der Waals surface area (Å²) in [5.74, 6) is 1.54. The van der Waals surface area contributed by atoms with Crippen molar-refractivity contribution in [2.45, 2.75) is 23.8 Å². The van der Waals surface area contributed by atoms with Gasteiger partial charge in [-0.05, 0) is 53.4 Å². The van der Waals surface area contributed by atoms with Gasteiger partial charge in [0.05, 0.1) is 18.9 Å². The summed E-state index contributed by atoms with van der Waals surface area (Å²) in [6.07, 6.45) is 2.09. The lowest BCUT2D eigenvalue weighted by Crippen LogP contribution is -2.31. The van der Waals surface area contributed by atoms with E-state index in [0.29, 0.717) is 5.75 Å². The van der Waals surface area contributed by atoms with Crippen LogP contribution in [-0.2, 0) is 4.79 Å². The maximum absolute atomic E-state index is 12.9. The number of hydrogen-bond donors (Lipinski definition) is 0. The fraction of sp³-hybridized carbons (Fsp3) is 0.261. The van der Waals surface area contributed by atoms with Crippen molar-refractivity contribution in [2.75, 3.05) is 19.4 Å². The molecular formula is C23H23NO2S. The van der Waals surface area contributed by atoms with Crippen molar-refractivity contribution in [1.82, 2.24) is 4.90 Å². The van der Waals surface area contributed by atoms with Crippen LogP contribution < -0.4 is 4.74 Å². The zero-order valence-electron chi connectivity index (χ0n) is 15.4. The molecule has 3 aromatic carbocycles. The van der Waals surface area contributed by atoms with Crippen LogP contribution in [0.15, 0.2) is 71.6 Å². The highest BCUT2D eigenvalue weighted by Crippen LogP contribution is 2.34. The minimum absolute atomic E-state index is 0.181. The van der Waals surface area contributed by atoms with E-state index in [-0.39, 0.29) is 11.9 Å². The molecule has 138 valence electrons. The zero-order valence-corrected chi connectivity index (χ0v) is 16.2. The Kier molecular flexibility index (Phi) is 5.35. The highest BCUT2D eigenvalue weighted by molar-refractivity contribution is 8.00. The molecule has 0 saturated carbocycles. The normalized spacial score (nSPS) is 16.6. The number of carbonyl (C=O) groups is 1. The molecule has 0 N–H and O–H groups in total. The Morgan fingerprint density at radius 3 is 2.63 bits per heavy atom. The van der Waals surface area contributed by atoms with Gasteiger partial charge in [0.15, 0.2) is 0 Å². The third-order valence-electron chi connectivity index (χ3n) is 5.16. The molecule has 1 aliphatic heterocycles. The molecule has 27 heavy (non-hydrogen) atoms. The predicted molar refractivity (Wildman–Crippen MR) is 111 cm³/mol. The predicted octanol–water partition coefficient (Wildman–Crippen LogP) is 5.30. The van der Waals surface area contributed by atoms with Crippen LogP contribution in [0.1, 0.15) is 24.4 Å². The van der Waals surface area contributed by atoms with Gasteiger partial charge in [-0.3, -0.25) is 4.79 Å². The average Bonchev–Trinajstić information content (AvgIpc) is 3.22. The van der Waals surface area contributed by atoms with Crippen molar-refractivity contribution in [3.8, 4) is 5.75 Å². The highest BCUT2D eigenvalue weighted by atomic mass is 32.2. The van der Waals surface area contributed by atoms with Gasteiger partial charge in [0.25, 0.3) is 0 Å². The van der Waals surface area contributed by atoms with Gasteiger partial charge < -0.3 is 9.64 Å². The Morgan fingerprint density at radius 2 is 1.85 bits per heavy atom. The highest BCUT2D eigenvalue weighted by Gasteiger charge is 2.29. The second kappa shape index (κ2) is 8.05. The molecule has 0 bridgehead atoms. The van der Waals surface area contributed by atoms with E-state index in [1.165, 1.54) is 16.3 Å². The molecule has 3 aromatic rings. The molecule has 1 atom stereocenters. The first-order chi connectivity index (χ1) is 13.2. The number of hydrogen-bond acceptors (Lipinski definition) is 3. The van der Waals surface area contributed by atoms with Crippen LogP contribution >= 0.6 is 11.8 Å². The second-order valence-corrected chi connectivity index (χ2v) is 7.86. The molecule has 1 amide bonds. The van der Waals surface area contributed by atoms with Crippen molar-refractivity contribution in [3.63, 3.8) is 0 Å². The van der Waals surface area contributed by atoms with E-state index in [1.807, 2.05) is 29.2 Å². The van der Waals surface area contributed by atoms with Gasteiger partial charge in [-0.25, -0.2) is 0 Å². The molecule has 3 nitrogen and oxygen atoms in total. The number of methoxy groups -OCH3 is 1. The van der Waals surface area contributed by atoms with E-state index in [4.69, 9.17) is 4.74 Å². The molecule has 4 heteroatoms. The van der Waals surface area contributed by atoms with Crippen LogP contribution in [0.4, 0.5) is 0 Å². The molecule has 0 aliphatic carbocycles. The smallest absolute Gasteiger partial charge is 0.233 e. The summed E-state index contributed by atoms with van der Waals surface area (Å²) < 4.78 is 5.24. The molecular weight excluding hydrogens is 354 g/mol. The van der Waals surface area contributed by atoms with Crippen LogP contribution in [0.2, 0.25) is 0 Å². The van der Waals surface area contributed by atoms with Crippen molar-refractivity contribution in [2.24, 2.45) is 0 Å². The number of rotatable bonds is 5. The first-order valence-corrected chi connectivity index (χ1v) is 10.3. The van der Waals surface area contributed by atoms with Crippen LogP contribution in [0.3, 0.4) is 0 Å². The summed E-state index contributed by atoms with van der Waals surface area (Å²) in [6.45, 7) is 0.841. The maximum Gasteiger partial charge on any atom is 0.233 e. The fourth-order valence-corrected chi connectivity index (χ4v) is 4.55. The third-order valence-corrected chi connectivity index (χ3v) is 6.14. The van der Waals surface area contributed by atoms with Crippen molar-refractivity contribution in [1.29, 1.82) is 0 Å². The largest absolute Gasteiger partial charge is 0.497 e. The molecule has 1 unspecified atom stereocenters. The number of fused-ring (bicyclic) bond motifs is 1. The lowest BCUT2D eigenvalue weighted by Gasteiger charge is -2.25. The van der Waals surface area contributed by atoms with Gasteiger partial charge in [0.2, 0.25) is 5.91 Å². The summed E-state index contributed by atoms with van der Waals surface area (Å²) in [7, 11) is 1.67. The third kappa shape index (κ3) is 3.96. The van der Waals surface area contributed by atoms with Gasteiger partial charge >= 0.3 is 0 Å². The minimum atomic E-state index is 0.181. The molecule has 0 spiro atoms. The van der Waals surface area contributed by atoms with Crippen molar-refractivity contribution >= 4 is 28.4 Å². The number of thioether (sulfide) groups is 1. The minimum Gasteiger partial charge on any atom is -0.497 e. The summed E-state index contributed by atoms with van der Waals surface area (Å²) in [4.78, 5) is 16.0. The monoisotopic (exact) mass is 377 g/mol. The van der Waals surface area contributed by atoms with Gasteiger partial charge in [-0.15, -0.1) is 11.8 Å². The Morgan fingerprint density at radius 1 is 1.07 bits per heavy atom. The number of amides is 1. The number of nitrogens with zero attached hydrogens (tertiary/aromatic N) is 1. The summed E-state index contributed by atoms with van der Waals surface area (Å²) >= 11 is 1.62. The standard InChI is InChI=1S/C23H23NO2S/c1-26-20-11-8-18(9-12-20)22-7-4-14-24(22)23(25)16-27-21-13-10-17-5-2-3-6-19(17)15-21/h2-3,5-6,8-13,15,22H,4,7,14,16H2,1H3. The van der Waals surface area contributed by atoms with E-state index >= 15 is 0 Å². The number of carbonyl (C=O) groups excluding carboxylic acids is 1. The number of ether oxygens (including phenoxy) is 1. The van der Waals surface area contributed by atoms with Gasteiger partial charge in [0.1, 0.15) is 5.75 Å². The zero-order chi connectivity index (χ0) is 18.6. The Balaban J connectivity index is 1.43. The van der Waals surface area contributed by atoms with Gasteiger partial charge in [-0.1, -0.05) is 42.5 Å². The lowest BCUT2D eigenvalue weighted by molar-refractivity contribution is -0.129. The fourth-order valence-electron chi connectivity index (χ4n) is 3.72. The van der Waals surface area contributed by atoms with Gasteiger partial charge in [0, 0.05) is 11.4 Å². The average molecular weight is 378 g/mol. The Bertz CT molecular complexity index is 939. The van der Waals surface area contributed by atoms with E-state index < -0.39 is 0 Å². The number of benzene rings is 3. The molecule has 1 heterocycles. The lowest BCUT2D eigenvalue weighted by atomic mass is 10.0. The van der Waals surface area contributed by atoms with Crippen molar-refractivity contribution < 1.29 is 9.53 Å². The first-order valence-electron chi connectivity index (χ1n) is 9.29. The quantitative estimate of drug-likeness (QED) is 0.565. The van der Waals surface area contributed by atoms with Crippen LogP contribution in [-0.4, -0.2) is 30.2 Å². The molecule has 0 aromatic heterocycles. The molecule has 1 saturated heterocycles. The van der Waals surface area contributed by atoms with E-state index in [9.17, 15) is 4.79 Å². The van der Waals surface area contributed by atoms with Crippen LogP contribution in [0.25, 0.3) is 10.8 Å². The second-order valence-electron chi connectivity index (χ2n) is 6.82. The topological polar surface area (TPSA) is 29.5 Å². The van der Waals surface area contributed by atoms with E-state index in [1.54, 1.807) is 18.9 Å². The molecule has 4 rings (SSSR count).